The van der Waals surface area contributed by atoms with Crippen LogP contribution in [0.4, 0.5) is 17.6 Å². The lowest BCUT2D eigenvalue weighted by Gasteiger charge is -2.34. The lowest BCUT2D eigenvalue weighted by molar-refractivity contribution is -0.118. The van der Waals surface area contributed by atoms with Crippen molar-refractivity contribution in [2.24, 2.45) is 0 Å². The lowest BCUT2D eigenvalue weighted by Crippen LogP contribution is -2.45. The number of aromatic nitrogens is 3. The van der Waals surface area contributed by atoms with Gasteiger partial charge in [-0.3, -0.25) is 4.79 Å². The van der Waals surface area contributed by atoms with Crippen molar-refractivity contribution in [2.75, 3.05) is 29.5 Å². The molecule has 1 aliphatic rings. The number of pyridine rings is 1. The number of hydrogen-bond acceptors (Lipinski definition) is 7. The molecule has 1 saturated heterocycles. The van der Waals surface area contributed by atoms with E-state index >= 15 is 0 Å². The highest BCUT2D eigenvalue weighted by atomic mass is 16.1. The van der Waals surface area contributed by atoms with E-state index in [9.17, 15) is 4.79 Å². The largest absolute Gasteiger partial charge is 0.384 e. The van der Waals surface area contributed by atoms with Crippen molar-refractivity contribution < 1.29 is 4.79 Å². The van der Waals surface area contributed by atoms with Crippen LogP contribution in [0.3, 0.4) is 0 Å². The summed E-state index contributed by atoms with van der Waals surface area (Å²) in [6.45, 7) is 10.6. The van der Waals surface area contributed by atoms with E-state index < -0.39 is 0 Å². The van der Waals surface area contributed by atoms with Crippen LogP contribution in [0.25, 0.3) is 0 Å². The molecule has 0 saturated carbocycles. The van der Waals surface area contributed by atoms with Gasteiger partial charge in [0.25, 0.3) is 5.91 Å². The van der Waals surface area contributed by atoms with Gasteiger partial charge in [-0.25, -0.2) is 9.97 Å². The Balaban J connectivity index is 1.76. The van der Waals surface area contributed by atoms with Gasteiger partial charge in [-0.1, -0.05) is 43.2 Å². The number of nitrogens with one attached hydrogen (secondary N) is 1. The third-order valence-electron chi connectivity index (χ3n) is 5.12. The number of nitrogen functional groups attached to an aromatic ring is 2. The van der Waals surface area contributed by atoms with Crippen LogP contribution in [0.15, 0.2) is 55.3 Å². The number of anilines is 3. The predicted octanol–water partition coefficient (Wildman–Crippen LogP) is 2.13. The zero-order valence-corrected chi connectivity index (χ0v) is 18.1. The van der Waals surface area contributed by atoms with Crippen LogP contribution >= 0.6 is 0 Å². The molecule has 5 N–H and O–H groups in total. The molecule has 0 atom stereocenters. The van der Waals surface area contributed by atoms with Crippen LogP contribution in [-0.4, -0.2) is 40.0 Å². The summed E-state index contributed by atoms with van der Waals surface area (Å²) in [6.07, 6.45) is 7.90. The summed E-state index contributed by atoms with van der Waals surface area (Å²) in [5.41, 5.74) is 14.2. The molecule has 2 aromatic rings. The molecule has 8 heteroatoms. The molecule has 1 amide bonds. The third-order valence-corrected chi connectivity index (χ3v) is 5.12. The van der Waals surface area contributed by atoms with Crippen LogP contribution < -0.4 is 21.7 Å². The fraction of sp³-hybridized carbons (Fsp3) is 0.250. The van der Waals surface area contributed by atoms with Crippen molar-refractivity contribution in [3.8, 4) is 11.8 Å². The Labute approximate surface area is 188 Å². The second-order valence-electron chi connectivity index (χ2n) is 7.38. The minimum absolute atomic E-state index is 0.0579. The monoisotopic (exact) mass is 429 g/mol. The average molecular weight is 430 g/mol. The Hall–Kier alpha value is -4.12. The van der Waals surface area contributed by atoms with Crippen molar-refractivity contribution in [2.45, 2.75) is 25.8 Å². The number of amides is 1. The first-order valence-corrected chi connectivity index (χ1v) is 10.3. The predicted molar refractivity (Wildman–Crippen MR) is 128 cm³/mol. The zero-order chi connectivity index (χ0) is 23.1. The molecule has 0 aliphatic carbocycles. The number of aryl methyl sites for hydroxylation is 1. The Kier molecular flexibility index (Phi) is 7.24. The number of hydrogen-bond donors (Lipinski definition) is 3. The first kappa shape index (κ1) is 22.6. The maximum Gasteiger partial charge on any atom is 0.251 e. The Morgan fingerprint density at radius 2 is 1.97 bits per heavy atom. The lowest BCUT2D eigenvalue weighted by atomic mass is 10.0. The van der Waals surface area contributed by atoms with Gasteiger partial charge in [-0.05, 0) is 31.9 Å². The molecule has 0 spiro atoms. The first-order valence-electron chi connectivity index (χ1n) is 10.3. The summed E-state index contributed by atoms with van der Waals surface area (Å²) in [5.74, 6) is 7.47. The van der Waals surface area contributed by atoms with Crippen LogP contribution in [0, 0.1) is 18.8 Å². The maximum absolute atomic E-state index is 12.4. The van der Waals surface area contributed by atoms with Crippen LogP contribution in [0.2, 0.25) is 0 Å². The second kappa shape index (κ2) is 10.3. The quantitative estimate of drug-likeness (QED) is 0.378. The van der Waals surface area contributed by atoms with Gasteiger partial charge in [-0.2, -0.15) is 4.98 Å². The van der Waals surface area contributed by atoms with Gasteiger partial charge in [-0.15, -0.1) is 0 Å². The Morgan fingerprint density at radius 1 is 1.22 bits per heavy atom. The molecular formula is C24H27N7O. The highest BCUT2D eigenvalue weighted by Gasteiger charge is 2.24. The molecule has 0 bridgehead atoms. The minimum atomic E-state index is -0.149. The maximum atomic E-state index is 12.4. The van der Waals surface area contributed by atoms with E-state index in [0.717, 1.165) is 24.0 Å². The molecule has 3 rings (SSSR count). The van der Waals surface area contributed by atoms with Crippen molar-refractivity contribution >= 4 is 23.5 Å². The number of carbonyl (C=O) groups is 1. The average Bonchev–Trinajstić information content (AvgIpc) is 2.78. The molecule has 1 aliphatic heterocycles. The van der Waals surface area contributed by atoms with Gasteiger partial charge < -0.3 is 21.7 Å². The summed E-state index contributed by atoms with van der Waals surface area (Å²) in [5, 5.41) is 3.06. The highest BCUT2D eigenvalue weighted by molar-refractivity contribution is 5.96. The summed E-state index contributed by atoms with van der Waals surface area (Å²) in [4.78, 5) is 27.3. The molecule has 0 radical (unpaired) electrons. The van der Waals surface area contributed by atoms with E-state index in [-0.39, 0.29) is 17.9 Å². The van der Waals surface area contributed by atoms with Crippen LogP contribution in [0.1, 0.15) is 29.7 Å². The number of piperidine rings is 1. The highest BCUT2D eigenvalue weighted by Crippen LogP contribution is 2.24. The third kappa shape index (κ3) is 5.52. The van der Waals surface area contributed by atoms with Gasteiger partial charge in [0, 0.05) is 36.5 Å². The molecule has 2 aromatic heterocycles. The van der Waals surface area contributed by atoms with Crippen molar-refractivity contribution in [1.82, 2.24) is 20.3 Å². The standard InChI is InChI=1S/C24H27N7O/c1-4-6-18(5-2)23(32)29-19-11-13-31(14-12-19)22-20(16(3)28-24(26)30-22)9-7-17-8-10-21(25)27-15-17/h4-6,8,10,15,19H,1-2,11-14H2,3H3,(H2,25,27)(H,29,32)(H2,26,28,30)/b18-6+. The van der Waals surface area contributed by atoms with Gasteiger partial charge in [0.2, 0.25) is 5.95 Å². The number of nitrogens with zero attached hydrogens (tertiary/aromatic N) is 4. The van der Waals surface area contributed by atoms with Gasteiger partial charge >= 0.3 is 0 Å². The molecule has 3 heterocycles. The van der Waals surface area contributed by atoms with Gasteiger partial charge in [0.15, 0.2) is 0 Å². The number of nitrogens with two attached hydrogens (primary N) is 2. The summed E-state index contributed by atoms with van der Waals surface area (Å²) < 4.78 is 0. The van der Waals surface area contributed by atoms with E-state index in [1.807, 2.05) is 13.0 Å². The van der Waals surface area contributed by atoms with E-state index in [1.165, 1.54) is 6.08 Å². The van der Waals surface area contributed by atoms with E-state index in [1.54, 1.807) is 24.4 Å². The normalized spacial score (nSPS) is 14.3. The molecule has 0 unspecified atom stereocenters. The summed E-state index contributed by atoms with van der Waals surface area (Å²) in [6, 6.07) is 3.58. The zero-order valence-electron chi connectivity index (χ0n) is 18.1. The van der Waals surface area contributed by atoms with Crippen LogP contribution in [-0.2, 0) is 4.79 Å². The number of rotatable bonds is 5. The van der Waals surface area contributed by atoms with E-state index in [4.69, 9.17) is 11.5 Å². The first-order chi connectivity index (χ1) is 15.4. The molecular weight excluding hydrogens is 402 g/mol. The topological polar surface area (TPSA) is 123 Å². The summed E-state index contributed by atoms with van der Waals surface area (Å²) >= 11 is 0. The van der Waals surface area contributed by atoms with E-state index in [2.05, 4.69) is 50.2 Å². The molecule has 32 heavy (non-hydrogen) atoms. The SMILES string of the molecule is C=C/C=C(\C=C)C(=O)NC1CCN(c2nc(N)nc(C)c2C#Cc2ccc(N)nc2)CC1. The minimum Gasteiger partial charge on any atom is -0.384 e. The van der Waals surface area contributed by atoms with Crippen molar-refractivity contribution in [3.63, 3.8) is 0 Å². The molecule has 8 nitrogen and oxygen atoms in total. The number of allylic oxidation sites excluding steroid dienone is 2. The Morgan fingerprint density at radius 3 is 2.59 bits per heavy atom. The smallest absolute Gasteiger partial charge is 0.251 e. The molecule has 164 valence electrons. The molecule has 0 aromatic carbocycles. The second-order valence-corrected chi connectivity index (χ2v) is 7.38. The van der Waals surface area contributed by atoms with E-state index in [0.29, 0.717) is 36.0 Å². The number of carbonyl (C=O) groups excluding carboxylic acids is 1. The molecule has 1 fully saturated rings. The van der Waals surface area contributed by atoms with Crippen LogP contribution in [0.5, 0.6) is 0 Å². The van der Waals surface area contributed by atoms with Crippen molar-refractivity contribution in [1.29, 1.82) is 0 Å². The van der Waals surface area contributed by atoms with Crippen molar-refractivity contribution in [3.05, 3.63) is 72.1 Å². The fourth-order valence-electron chi connectivity index (χ4n) is 3.44. The van der Waals surface area contributed by atoms with Gasteiger partial charge in [0.05, 0.1) is 11.3 Å². The van der Waals surface area contributed by atoms with Gasteiger partial charge in [0.1, 0.15) is 11.6 Å². The Bertz CT molecular complexity index is 1100. The summed E-state index contributed by atoms with van der Waals surface area (Å²) in [7, 11) is 0. The fourth-order valence-corrected chi connectivity index (χ4v) is 3.44.